The highest BCUT2D eigenvalue weighted by molar-refractivity contribution is 14.1. The van der Waals surface area contributed by atoms with E-state index in [0.717, 1.165) is 12.1 Å². The van der Waals surface area contributed by atoms with E-state index in [4.69, 9.17) is 4.42 Å². The minimum atomic E-state index is 0.951. The van der Waals surface area contributed by atoms with Crippen molar-refractivity contribution in [2.75, 3.05) is 0 Å². The molecule has 0 radical (unpaired) electrons. The molecular formula is C9H9INO+. The number of nitrogens with zero attached hydrogens (tertiary/aromatic N) is 1. The van der Waals surface area contributed by atoms with Gasteiger partial charge in [0.15, 0.2) is 0 Å². The Hall–Kier alpha value is -0.580. The van der Waals surface area contributed by atoms with E-state index >= 15 is 0 Å². The summed E-state index contributed by atoms with van der Waals surface area (Å²) in [4.78, 5) is 0. The van der Waals surface area contributed by atoms with E-state index in [-0.39, 0.29) is 0 Å². The third kappa shape index (κ3) is 1.22. The van der Waals surface area contributed by atoms with Crippen LogP contribution in [0.25, 0.3) is 11.1 Å². The lowest BCUT2D eigenvalue weighted by Crippen LogP contribution is -2.29. The average molecular weight is 274 g/mol. The van der Waals surface area contributed by atoms with Crippen molar-refractivity contribution in [3.05, 3.63) is 28.2 Å². The van der Waals surface area contributed by atoms with Crippen LogP contribution >= 0.6 is 22.6 Å². The topological polar surface area (TPSA) is 17.0 Å². The van der Waals surface area contributed by atoms with Crippen molar-refractivity contribution in [2.24, 2.45) is 0 Å². The van der Waals surface area contributed by atoms with Gasteiger partial charge in [0, 0.05) is 9.64 Å². The molecule has 1 aromatic carbocycles. The van der Waals surface area contributed by atoms with Crippen molar-refractivity contribution in [3.8, 4) is 0 Å². The van der Waals surface area contributed by atoms with Crippen LogP contribution < -0.4 is 4.57 Å². The van der Waals surface area contributed by atoms with Crippen molar-refractivity contribution in [1.29, 1.82) is 0 Å². The Kier molecular flexibility index (Phi) is 2.04. The van der Waals surface area contributed by atoms with Crippen molar-refractivity contribution in [1.82, 2.24) is 0 Å². The van der Waals surface area contributed by atoms with Crippen LogP contribution in [0.2, 0.25) is 0 Å². The Morgan fingerprint density at radius 3 is 3.08 bits per heavy atom. The maximum atomic E-state index is 5.35. The van der Waals surface area contributed by atoms with Crippen LogP contribution in [0.3, 0.4) is 0 Å². The Morgan fingerprint density at radius 1 is 1.50 bits per heavy atom. The molecule has 0 saturated carbocycles. The number of halogens is 1. The van der Waals surface area contributed by atoms with Gasteiger partial charge in [-0.25, -0.2) is 0 Å². The molecule has 0 unspecified atom stereocenters. The molecule has 0 atom stereocenters. The zero-order valence-corrected chi connectivity index (χ0v) is 8.91. The van der Waals surface area contributed by atoms with Crippen LogP contribution in [-0.2, 0) is 6.54 Å². The minimum absolute atomic E-state index is 0.951. The Labute approximate surface area is 84.3 Å². The maximum Gasteiger partial charge on any atom is 0.335 e. The predicted octanol–water partition coefficient (Wildman–Crippen LogP) is 2.34. The minimum Gasteiger partial charge on any atom is -0.404 e. The summed E-state index contributed by atoms with van der Waals surface area (Å²) in [7, 11) is 0. The number of rotatable bonds is 1. The normalized spacial score (nSPS) is 10.8. The molecule has 0 spiro atoms. The van der Waals surface area contributed by atoms with E-state index in [0.29, 0.717) is 0 Å². The van der Waals surface area contributed by atoms with Crippen LogP contribution in [-0.4, -0.2) is 0 Å². The first-order valence-electron chi connectivity index (χ1n) is 3.87. The van der Waals surface area contributed by atoms with Crippen molar-refractivity contribution in [3.63, 3.8) is 0 Å². The van der Waals surface area contributed by atoms with Crippen LogP contribution in [0.4, 0.5) is 0 Å². The molecule has 0 fully saturated rings. The first-order valence-corrected chi connectivity index (χ1v) is 4.95. The van der Waals surface area contributed by atoms with Crippen molar-refractivity contribution in [2.45, 2.75) is 13.5 Å². The molecule has 0 saturated heterocycles. The molecule has 1 heterocycles. The molecular weight excluding hydrogens is 265 g/mol. The van der Waals surface area contributed by atoms with Crippen molar-refractivity contribution >= 4 is 33.7 Å². The van der Waals surface area contributed by atoms with Gasteiger partial charge in [-0.3, -0.25) is 0 Å². The maximum absolute atomic E-state index is 5.35. The summed E-state index contributed by atoms with van der Waals surface area (Å²) in [5.41, 5.74) is 2.13. The molecule has 1 aromatic heterocycles. The van der Waals surface area contributed by atoms with Crippen molar-refractivity contribution < 1.29 is 8.98 Å². The molecule has 0 N–H and O–H groups in total. The van der Waals surface area contributed by atoms with E-state index in [1.165, 1.54) is 9.09 Å². The largest absolute Gasteiger partial charge is 0.404 e. The highest BCUT2D eigenvalue weighted by Gasteiger charge is 2.10. The predicted molar refractivity (Wildman–Crippen MR) is 54.8 cm³/mol. The quantitative estimate of drug-likeness (QED) is 0.576. The van der Waals surface area contributed by atoms with Gasteiger partial charge >= 0.3 is 6.39 Å². The summed E-state index contributed by atoms with van der Waals surface area (Å²) in [5, 5.41) is 0. The summed E-state index contributed by atoms with van der Waals surface area (Å²) in [6.45, 7) is 3.06. The molecule has 0 aliphatic rings. The van der Waals surface area contributed by atoms with E-state index in [1.807, 2.05) is 12.1 Å². The second-order valence-corrected chi connectivity index (χ2v) is 3.87. The van der Waals surface area contributed by atoms with Crippen LogP contribution in [0, 0.1) is 3.57 Å². The van der Waals surface area contributed by atoms with Gasteiger partial charge in [0.2, 0.25) is 5.58 Å². The van der Waals surface area contributed by atoms with Gasteiger partial charge in [-0.2, -0.15) is 4.57 Å². The lowest BCUT2D eigenvalue weighted by Gasteiger charge is -1.87. The summed E-state index contributed by atoms with van der Waals surface area (Å²) in [5.74, 6) is 0. The molecule has 0 bridgehead atoms. The number of fused-ring (bicyclic) bond motifs is 1. The van der Waals surface area contributed by atoms with Gasteiger partial charge in [-0.05, 0) is 41.6 Å². The molecule has 0 amide bonds. The van der Waals surface area contributed by atoms with Gasteiger partial charge in [-0.15, -0.1) is 0 Å². The molecule has 3 heteroatoms. The lowest BCUT2D eigenvalue weighted by atomic mass is 10.3. The van der Waals surface area contributed by atoms with Gasteiger partial charge in [0.1, 0.15) is 6.54 Å². The van der Waals surface area contributed by atoms with Crippen LogP contribution in [0.15, 0.2) is 29.0 Å². The Morgan fingerprint density at radius 2 is 2.33 bits per heavy atom. The number of hydrogen-bond donors (Lipinski definition) is 0. The number of aromatic nitrogens is 1. The summed E-state index contributed by atoms with van der Waals surface area (Å²) < 4.78 is 8.69. The molecule has 12 heavy (non-hydrogen) atoms. The molecule has 0 aliphatic carbocycles. The summed E-state index contributed by atoms with van der Waals surface area (Å²) in [6.07, 6.45) is 1.76. The van der Waals surface area contributed by atoms with Gasteiger partial charge < -0.3 is 4.42 Å². The number of hydrogen-bond acceptors (Lipinski definition) is 1. The fraction of sp³-hybridized carbons (Fsp3) is 0.222. The van der Waals surface area contributed by atoms with E-state index in [9.17, 15) is 0 Å². The molecule has 62 valence electrons. The molecule has 0 aliphatic heterocycles. The molecule has 2 nitrogen and oxygen atoms in total. The monoisotopic (exact) mass is 274 g/mol. The first-order chi connectivity index (χ1) is 5.81. The molecule has 2 aromatic rings. The van der Waals surface area contributed by atoms with Crippen LogP contribution in [0.1, 0.15) is 6.92 Å². The smallest absolute Gasteiger partial charge is 0.335 e. The highest BCUT2D eigenvalue weighted by atomic mass is 127. The Bertz CT molecular complexity index is 408. The third-order valence-corrected chi connectivity index (χ3v) is 2.55. The average Bonchev–Trinajstić information content (AvgIpc) is 2.46. The second-order valence-electron chi connectivity index (χ2n) is 2.62. The Balaban J connectivity index is 2.75. The number of oxazole rings is 1. The zero-order chi connectivity index (χ0) is 8.55. The van der Waals surface area contributed by atoms with E-state index in [2.05, 4.69) is 40.1 Å². The SMILES string of the molecule is CC[n+]1coc2ccc(I)cc21. The standard InChI is InChI=1S/C9H9INO/c1-2-11-6-12-9-4-3-7(10)5-8(9)11/h3-6H,2H2,1H3/q+1. The summed E-state index contributed by atoms with van der Waals surface area (Å²) in [6, 6.07) is 6.18. The van der Waals surface area contributed by atoms with E-state index < -0.39 is 0 Å². The highest BCUT2D eigenvalue weighted by Crippen LogP contribution is 2.14. The number of benzene rings is 1. The zero-order valence-electron chi connectivity index (χ0n) is 6.75. The lowest BCUT2D eigenvalue weighted by molar-refractivity contribution is -0.672. The third-order valence-electron chi connectivity index (χ3n) is 1.88. The summed E-state index contributed by atoms with van der Waals surface area (Å²) >= 11 is 2.30. The van der Waals surface area contributed by atoms with Gasteiger partial charge in [0.25, 0.3) is 5.52 Å². The molecule has 2 rings (SSSR count). The first kappa shape index (κ1) is 8.04. The number of aryl methyl sites for hydroxylation is 1. The fourth-order valence-electron chi connectivity index (χ4n) is 1.24. The second kappa shape index (κ2) is 3.05. The van der Waals surface area contributed by atoms with Gasteiger partial charge in [-0.1, -0.05) is 0 Å². The van der Waals surface area contributed by atoms with Crippen LogP contribution in [0.5, 0.6) is 0 Å². The fourth-order valence-corrected chi connectivity index (χ4v) is 1.71. The van der Waals surface area contributed by atoms with Gasteiger partial charge in [0.05, 0.1) is 0 Å². The van der Waals surface area contributed by atoms with E-state index in [1.54, 1.807) is 6.39 Å².